The number of halogens is 2. The van der Waals surface area contributed by atoms with Gasteiger partial charge in [-0.15, -0.1) is 12.4 Å². The van der Waals surface area contributed by atoms with Crippen LogP contribution in [0.4, 0.5) is 0 Å². The molecule has 0 saturated carbocycles. The molecule has 1 aliphatic heterocycles. The molecular weight excluding hydrogens is 311 g/mol. The second kappa shape index (κ2) is 7.87. The molecule has 0 aromatic heterocycles. The Morgan fingerprint density at radius 1 is 1.52 bits per heavy atom. The van der Waals surface area contributed by atoms with Gasteiger partial charge in [0.25, 0.3) is 5.91 Å². The van der Waals surface area contributed by atoms with Crippen molar-refractivity contribution in [3.8, 4) is 5.75 Å². The molecule has 6 heteroatoms. The maximum atomic E-state index is 12.3. The number of ether oxygens (including phenoxy) is 1. The molecule has 0 bridgehead atoms. The van der Waals surface area contributed by atoms with Crippen LogP contribution in [-0.4, -0.2) is 43.1 Å². The molecule has 1 saturated heterocycles. The number of amides is 1. The van der Waals surface area contributed by atoms with E-state index < -0.39 is 6.10 Å². The van der Waals surface area contributed by atoms with Crippen molar-refractivity contribution in [1.82, 2.24) is 10.2 Å². The van der Waals surface area contributed by atoms with Gasteiger partial charge < -0.3 is 15.0 Å². The molecule has 1 aromatic rings. The highest BCUT2D eigenvalue weighted by Gasteiger charge is 2.27. The normalized spacial score (nSPS) is 18.8. The summed E-state index contributed by atoms with van der Waals surface area (Å²) in [4.78, 5) is 14.1. The van der Waals surface area contributed by atoms with Gasteiger partial charge in [-0.1, -0.05) is 11.6 Å². The Kier molecular flexibility index (Phi) is 6.78. The first kappa shape index (κ1) is 18.1. The van der Waals surface area contributed by atoms with E-state index in [2.05, 4.69) is 5.32 Å². The van der Waals surface area contributed by atoms with Crippen LogP contribution in [0.25, 0.3) is 0 Å². The van der Waals surface area contributed by atoms with Gasteiger partial charge in [-0.3, -0.25) is 4.79 Å². The van der Waals surface area contributed by atoms with Crippen LogP contribution in [0.1, 0.15) is 18.9 Å². The van der Waals surface area contributed by atoms with Crippen LogP contribution in [0.15, 0.2) is 18.2 Å². The number of likely N-dealkylation sites (N-methyl/N-ethyl adjacent to an activating group) is 1. The first-order valence-electron chi connectivity index (χ1n) is 6.89. The van der Waals surface area contributed by atoms with Crippen LogP contribution in [-0.2, 0) is 4.79 Å². The van der Waals surface area contributed by atoms with Gasteiger partial charge in [0.15, 0.2) is 6.10 Å². The first-order valence-corrected chi connectivity index (χ1v) is 7.27. The van der Waals surface area contributed by atoms with Gasteiger partial charge in [-0.25, -0.2) is 0 Å². The lowest BCUT2D eigenvalue weighted by Crippen LogP contribution is -2.44. The van der Waals surface area contributed by atoms with Crippen molar-refractivity contribution >= 4 is 29.9 Å². The predicted molar refractivity (Wildman–Crippen MR) is 87.6 cm³/mol. The van der Waals surface area contributed by atoms with Crippen molar-refractivity contribution in [3.05, 3.63) is 28.8 Å². The molecule has 1 aliphatic rings. The SMILES string of the molecule is Cc1cc(OC(C)C(=O)N(C)C2CCNC2)ccc1Cl.Cl. The summed E-state index contributed by atoms with van der Waals surface area (Å²) >= 11 is 5.98. The lowest BCUT2D eigenvalue weighted by molar-refractivity contribution is -0.138. The molecule has 1 heterocycles. The molecule has 21 heavy (non-hydrogen) atoms. The number of rotatable bonds is 4. The monoisotopic (exact) mass is 332 g/mol. The maximum Gasteiger partial charge on any atom is 0.263 e. The van der Waals surface area contributed by atoms with E-state index in [4.69, 9.17) is 16.3 Å². The van der Waals surface area contributed by atoms with Gasteiger partial charge in [0.1, 0.15) is 5.75 Å². The molecule has 0 aliphatic carbocycles. The molecule has 0 radical (unpaired) electrons. The van der Waals surface area contributed by atoms with Crippen LogP contribution in [0, 0.1) is 6.92 Å². The van der Waals surface area contributed by atoms with Gasteiger partial charge >= 0.3 is 0 Å². The van der Waals surface area contributed by atoms with Crippen molar-refractivity contribution < 1.29 is 9.53 Å². The van der Waals surface area contributed by atoms with Crippen molar-refractivity contribution in [3.63, 3.8) is 0 Å². The summed E-state index contributed by atoms with van der Waals surface area (Å²) in [5, 5.41) is 3.96. The van der Waals surface area contributed by atoms with E-state index in [1.54, 1.807) is 24.0 Å². The zero-order chi connectivity index (χ0) is 14.7. The topological polar surface area (TPSA) is 41.6 Å². The highest BCUT2D eigenvalue weighted by atomic mass is 35.5. The minimum absolute atomic E-state index is 0. The van der Waals surface area contributed by atoms with Crippen molar-refractivity contribution in [2.24, 2.45) is 0 Å². The number of benzene rings is 1. The van der Waals surface area contributed by atoms with Crippen molar-refractivity contribution in [2.75, 3.05) is 20.1 Å². The van der Waals surface area contributed by atoms with Gasteiger partial charge in [0.05, 0.1) is 0 Å². The summed E-state index contributed by atoms with van der Waals surface area (Å²) in [6, 6.07) is 5.69. The van der Waals surface area contributed by atoms with Gasteiger partial charge in [0.2, 0.25) is 0 Å². The lowest BCUT2D eigenvalue weighted by atomic mass is 10.2. The molecule has 1 amide bonds. The lowest BCUT2D eigenvalue weighted by Gasteiger charge is -2.27. The molecule has 0 spiro atoms. The zero-order valence-electron chi connectivity index (χ0n) is 12.6. The molecule has 4 nitrogen and oxygen atoms in total. The molecule has 2 rings (SSSR count). The third kappa shape index (κ3) is 4.50. The molecule has 2 unspecified atom stereocenters. The average molecular weight is 333 g/mol. The third-order valence-electron chi connectivity index (χ3n) is 3.72. The van der Waals surface area contributed by atoms with E-state index >= 15 is 0 Å². The second-order valence-electron chi connectivity index (χ2n) is 5.27. The smallest absolute Gasteiger partial charge is 0.263 e. The Bertz CT molecular complexity index is 491. The fourth-order valence-electron chi connectivity index (χ4n) is 2.38. The zero-order valence-corrected chi connectivity index (χ0v) is 14.1. The fraction of sp³-hybridized carbons (Fsp3) is 0.533. The summed E-state index contributed by atoms with van der Waals surface area (Å²) in [5.41, 5.74) is 0.942. The molecule has 1 N–H and O–H groups in total. The quantitative estimate of drug-likeness (QED) is 0.921. The predicted octanol–water partition coefficient (Wildman–Crippen LogP) is 2.66. The molecule has 2 atom stereocenters. The summed E-state index contributed by atoms with van der Waals surface area (Å²) in [6.07, 6.45) is 0.496. The van der Waals surface area contributed by atoms with Crippen molar-refractivity contribution in [1.29, 1.82) is 0 Å². The minimum atomic E-state index is -0.499. The van der Waals surface area contributed by atoms with Crippen molar-refractivity contribution in [2.45, 2.75) is 32.4 Å². The van der Waals surface area contributed by atoms with E-state index in [0.29, 0.717) is 10.8 Å². The third-order valence-corrected chi connectivity index (χ3v) is 4.14. The van der Waals surface area contributed by atoms with Gasteiger partial charge in [0, 0.05) is 24.7 Å². The largest absolute Gasteiger partial charge is 0.481 e. The molecule has 118 valence electrons. The Morgan fingerprint density at radius 3 is 2.81 bits per heavy atom. The Morgan fingerprint density at radius 2 is 2.24 bits per heavy atom. The Labute approximate surface area is 137 Å². The fourth-order valence-corrected chi connectivity index (χ4v) is 2.50. The van der Waals surface area contributed by atoms with Gasteiger partial charge in [-0.05, 0) is 50.6 Å². The van der Waals surface area contributed by atoms with Crippen LogP contribution in [0.3, 0.4) is 0 Å². The number of hydrogen-bond donors (Lipinski definition) is 1. The van der Waals surface area contributed by atoms with E-state index in [1.807, 2.05) is 20.0 Å². The number of nitrogens with one attached hydrogen (secondary N) is 1. The molecular formula is C15H22Cl2N2O2. The van der Waals surface area contributed by atoms with E-state index in [-0.39, 0.29) is 24.4 Å². The maximum absolute atomic E-state index is 12.3. The molecule has 1 fully saturated rings. The highest BCUT2D eigenvalue weighted by molar-refractivity contribution is 6.31. The number of nitrogens with zero attached hydrogens (tertiary/aromatic N) is 1. The number of carbonyl (C=O) groups is 1. The van der Waals surface area contributed by atoms with Crippen LogP contribution >= 0.6 is 24.0 Å². The molecule has 1 aromatic carbocycles. The minimum Gasteiger partial charge on any atom is -0.481 e. The number of aryl methyl sites for hydroxylation is 1. The number of carbonyl (C=O) groups excluding carboxylic acids is 1. The second-order valence-corrected chi connectivity index (χ2v) is 5.67. The summed E-state index contributed by atoms with van der Waals surface area (Å²) < 4.78 is 5.72. The summed E-state index contributed by atoms with van der Waals surface area (Å²) in [5.74, 6) is 0.678. The van der Waals surface area contributed by atoms with Crippen LogP contribution < -0.4 is 10.1 Å². The highest BCUT2D eigenvalue weighted by Crippen LogP contribution is 2.22. The summed E-state index contributed by atoms with van der Waals surface area (Å²) in [7, 11) is 1.84. The van der Waals surface area contributed by atoms with Crippen LogP contribution in [0.2, 0.25) is 5.02 Å². The van der Waals surface area contributed by atoms with E-state index in [1.165, 1.54) is 0 Å². The Balaban J connectivity index is 0.00000220. The van der Waals surface area contributed by atoms with E-state index in [0.717, 1.165) is 25.1 Å². The number of hydrogen-bond acceptors (Lipinski definition) is 3. The van der Waals surface area contributed by atoms with E-state index in [9.17, 15) is 4.79 Å². The average Bonchev–Trinajstić information content (AvgIpc) is 2.95. The standard InChI is InChI=1S/C15H21ClN2O2.ClH/c1-10-8-13(4-5-14(10)16)20-11(2)15(19)18(3)12-6-7-17-9-12;/h4-5,8,11-12,17H,6-7,9H2,1-3H3;1H. The Hall–Kier alpha value is -0.970. The van der Waals surface area contributed by atoms with Gasteiger partial charge in [-0.2, -0.15) is 0 Å². The first-order chi connectivity index (χ1) is 9.49. The van der Waals surface area contributed by atoms with Crippen LogP contribution in [0.5, 0.6) is 5.75 Å². The summed E-state index contributed by atoms with van der Waals surface area (Å²) in [6.45, 7) is 5.52.